The summed E-state index contributed by atoms with van der Waals surface area (Å²) in [6, 6.07) is 18.9. The lowest BCUT2D eigenvalue weighted by atomic mass is 9.88. The number of rotatable bonds is 14. The molecule has 0 spiro atoms. The Balaban J connectivity index is 1.21. The highest BCUT2D eigenvalue weighted by atomic mass is 35.6. The van der Waals surface area contributed by atoms with Crippen LogP contribution in [0.4, 0.5) is 0 Å². The summed E-state index contributed by atoms with van der Waals surface area (Å²) in [6.07, 6.45) is -9.03. The van der Waals surface area contributed by atoms with Crippen molar-refractivity contribution in [2.75, 3.05) is 13.2 Å². The molecule has 4 aliphatic heterocycles. The third-order valence-electron chi connectivity index (χ3n) is 10.5. The summed E-state index contributed by atoms with van der Waals surface area (Å²) in [6.45, 7) is 9.83. The van der Waals surface area contributed by atoms with Crippen LogP contribution in [0.2, 0.25) is 0 Å². The van der Waals surface area contributed by atoms with Gasteiger partial charge in [-0.15, -0.1) is 0 Å². The van der Waals surface area contributed by atoms with Gasteiger partial charge in [0.05, 0.1) is 50.7 Å². The normalized spacial score (nSPS) is 35.9. The maximum Gasteiger partial charge on any atom is 0.265 e. The molecule has 2 aromatic carbocycles. The quantitative estimate of drug-likeness (QED) is 0.0484. The van der Waals surface area contributed by atoms with Gasteiger partial charge in [-0.05, 0) is 48.9 Å². The van der Waals surface area contributed by atoms with Crippen molar-refractivity contribution in [2.45, 2.75) is 131 Å². The highest BCUT2D eigenvalue weighted by Gasteiger charge is 2.58. The Morgan fingerprint density at radius 1 is 0.810 bits per heavy atom. The Labute approximate surface area is 351 Å². The number of fused-ring (bicyclic) bond motifs is 1. The maximum absolute atomic E-state index is 9.43. The first-order chi connectivity index (χ1) is 27.7. The van der Waals surface area contributed by atoms with Gasteiger partial charge in [0, 0.05) is 15.7 Å². The third kappa shape index (κ3) is 10.9. The highest BCUT2D eigenvalue weighted by molar-refractivity contribution is 6.76. The number of hydrogen-bond acceptors (Lipinski definition) is 13. The molecule has 1 N–H and O–H groups in total. The van der Waals surface area contributed by atoms with Crippen LogP contribution in [0.5, 0.6) is 0 Å². The molecule has 0 aliphatic carbocycles. The van der Waals surface area contributed by atoms with E-state index >= 15 is 0 Å². The molecule has 6 rings (SSSR count). The van der Waals surface area contributed by atoms with E-state index in [9.17, 15) is 5.53 Å². The van der Waals surface area contributed by atoms with Gasteiger partial charge in [-0.3, -0.25) is 5.41 Å². The zero-order chi connectivity index (χ0) is 41.6. The highest BCUT2D eigenvalue weighted by Crippen LogP contribution is 2.43. The molecule has 0 bridgehead atoms. The maximum atomic E-state index is 9.43. The van der Waals surface area contributed by atoms with Crippen LogP contribution in [0.1, 0.15) is 45.7 Å². The molecule has 58 heavy (non-hydrogen) atoms. The standard InChI is InChI=1S/C38H48Cl3N7O10/c1-20-27(46-48-44)25(16-45-47-43)53-34(56-36(42)38(39,40)41)29(20)54-35-32-31(57-37(4,5)58-32)30(22(3)52-35)55-33-21(2)28(50-18-24-14-10-7-11-15-24)26(19-51-33)49-17-23-12-8-6-9-13-23/h6-15,20-22,25-35,42H,16-19H2,1-5H3/t20?,21?,22-,25-,26-,27-,28?,29?,30+,31?,32?,33+,34-,35+/m1/s1. The second kappa shape index (κ2) is 19.6. The summed E-state index contributed by atoms with van der Waals surface area (Å²) in [4.78, 5) is 5.77. The third-order valence-corrected chi connectivity index (χ3v) is 11.0. The minimum absolute atomic E-state index is 0.211. The molecule has 316 valence electrons. The van der Waals surface area contributed by atoms with Crippen LogP contribution in [0.3, 0.4) is 0 Å². The van der Waals surface area contributed by atoms with E-state index in [1.807, 2.05) is 74.5 Å². The molecule has 4 fully saturated rings. The van der Waals surface area contributed by atoms with Crippen LogP contribution in [0, 0.1) is 17.2 Å². The lowest BCUT2D eigenvalue weighted by molar-refractivity contribution is -0.349. The van der Waals surface area contributed by atoms with Crippen molar-refractivity contribution in [3.8, 4) is 0 Å². The average Bonchev–Trinajstić information content (AvgIpc) is 3.53. The van der Waals surface area contributed by atoms with Gasteiger partial charge in [0.1, 0.15) is 30.5 Å². The number of azide groups is 2. The van der Waals surface area contributed by atoms with E-state index in [-0.39, 0.29) is 25.2 Å². The van der Waals surface area contributed by atoms with Gasteiger partial charge in [0.25, 0.3) is 3.79 Å². The zero-order valence-electron chi connectivity index (χ0n) is 32.6. The molecule has 6 unspecified atom stereocenters. The average molecular weight is 869 g/mol. The number of ether oxygens (including phenoxy) is 10. The van der Waals surface area contributed by atoms with Gasteiger partial charge in [0.2, 0.25) is 12.2 Å². The van der Waals surface area contributed by atoms with Crippen molar-refractivity contribution in [1.82, 2.24) is 0 Å². The van der Waals surface area contributed by atoms with Crippen molar-refractivity contribution in [3.63, 3.8) is 0 Å². The molecule has 0 aromatic heterocycles. The molecule has 0 radical (unpaired) electrons. The Morgan fingerprint density at radius 3 is 2.05 bits per heavy atom. The minimum Gasteiger partial charge on any atom is -0.445 e. The van der Waals surface area contributed by atoms with Gasteiger partial charge in [-0.25, -0.2) is 0 Å². The van der Waals surface area contributed by atoms with Crippen LogP contribution in [0.25, 0.3) is 20.9 Å². The van der Waals surface area contributed by atoms with E-state index in [4.69, 9.17) is 93.1 Å². The van der Waals surface area contributed by atoms with Crippen LogP contribution in [0.15, 0.2) is 70.9 Å². The molecule has 4 aliphatic rings. The summed E-state index contributed by atoms with van der Waals surface area (Å²) < 4.78 is 61.6. The largest absolute Gasteiger partial charge is 0.445 e. The fraction of sp³-hybridized carbons (Fsp3) is 0.658. The van der Waals surface area contributed by atoms with Crippen LogP contribution < -0.4 is 0 Å². The number of alkyl halides is 3. The molecule has 4 heterocycles. The number of nitrogens with one attached hydrogen (secondary N) is 1. The van der Waals surface area contributed by atoms with E-state index in [0.717, 1.165) is 11.1 Å². The van der Waals surface area contributed by atoms with Crippen LogP contribution in [-0.2, 0) is 60.6 Å². The fourth-order valence-electron chi connectivity index (χ4n) is 7.65. The number of halogens is 3. The monoisotopic (exact) mass is 867 g/mol. The van der Waals surface area contributed by atoms with Gasteiger partial charge < -0.3 is 47.4 Å². The number of hydrogen-bond donors (Lipinski definition) is 1. The molecule has 2 aromatic rings. The summed E-state index contributed by atoms with van der Waals surface area (Å²) in [7, 11) is 0. The smallest absolute Gasteiger partial charge is 0.265 e. The zero-order valence-corrected chi connectivity index (χ0v) is 34.9. The molecule has 4 saturated heterocycles. The van der Waals surface area contributed by atoms with Gasteiger partial charge in [-0.2, -0.15) is 0 Å². The van der Waals surface area contributed by atoms with E-state index in [2.05, 4.69) is 20.1 Å². The lowest BCUT2D eigenvalue weighted by Crippen LogP contribution is -2.62. The summed E-state index contributed by atoms with van der Waals surface area (Å²) in [5.74, 6) is -2.80. The SMILES string of the molecule is CC1C(OCc2ccccc2)[C@H](OCc2ccccc2)CO[C@H]1O[C@@H]1C2OC(C)(C)OC2[C@H](OC2C(C)[C@@H](N=[N+]=[N-])[C@@H](CN=[N+]=[N-])O[C@@H]2OC(=N)C(Cl)(Cl)Cl)O[C@@H]1C. The molecular formula is C38H48Cl3N7O10. The molecule has 20 heteroatoms. The van der Waals surface area contributed by atoms with E-state index in [1.165, 1.54) is 0 Å². The number of nitrogens with zero attached hydrogens (tertiary/aromatic N) is 6. The van der Waals surface area contributed by atoms with E-state index in [1.54, 1.807) is 20.8 Å². The first-order valence-corrected chi connectivity index (χ1v) is 20.1. The van der Waals surface area contributed by atoms with Gasteiger partial charge in [0.15, 0.2) is 18.4 Å². The van der Waals surface area contributed by atoms with Gasteiger partial charge >= 0.3 is 0 Å². The van der Waals surface area contributed by atoms with Crippen molar-refractivity contribution in [3.05, 3.63) is 92.7 Å². The first kappa shape index (κ1) is 44.6. The fourth-order valence-corrected chi connectivity index (χ4v) is 7.78. The summed E-state index contributed by atoms with van der Waals surface area (Å²) in [5, 5.41) is 15.8. The summed E-state index contributed by atoms with van der Waals surface area (Å²) >= 11 is 17.9. The van der Waals surface area contributed by atoms with Crippen molar-refractivity contribution >= 4 is 40.7 Å². The topological polar surface area (TPSA) is 214 Å². The molecule has 17 nitrogen and oxygen atoms in total. The van der Waals surface area contributed by atoms with E-state index < -0.39 is 89.0 Å². The minimum atomic E-state index is -2.24. The predicted molar refractivity (Wildman–Crippen MR) is 211 cm³/mol. The number of benzene rings is 2. The van der Waals surface area contributed by atoms with E-state index in [0.29, 0.717) is 13.2 Å². The molecule has 0 amide bonds. The molecular weight excluding hydrogens is 821 g/mol. The molecule has 0 saturated carbocycles. The van der Waals surface area contributed by atoms with Crippen LogP contribution >= 0.6 is 34.8 Å². The first-order valence-electron chi connectivity index (χ1n) is 19.0. The lowest BCUT2D eigenvalue weighted by Gasteiger charge is -2.48. The Kier molecular flexibility index (Phi) is 15.1. The Morgan fingerprint density at radius 2 is 1.43 bits per heavy atom. The Bertz CT molecular complexity index is 1770. The van der Waals surface area contributed by atoms with Crippen molar-refractivity contribution < 1.29 is 47.4 Å². The van der Waals surface area contributed by atoms with Crippen LogP contribution in [-0.4, -0.2) is 102 Å². The second-order valence-corrected chi connectivity index (χ2v) is 17.4. The second-order valence-electron chi connectivity index (χ2n) is 15.1. The van der Waals surface area contributed by atoms with Crippen molar-refractivity contribution in [2.24, 2.45) is 22.1 Å². The van der Waals surface area contributed by atoms with Crippen molar-refractivity contribution in [1.29, 1.82) is 5.41 Å². The molecule has 14 atom stereocenters. The Hall–Kier alpha value is -2.96. The van der Waals surface area contributed by atoms with Gasteiger partial charge in [-0.1, -0.05) is 120 Å². The predicted octanol–water partition coefficient (Wildman–Crippen LogP) is 7.90. The summed E-state index contributed by atoms with van der Waals surface area (Å²) in [5.41, 5.74) is 20.5.